The molecule has 14 heteroatoms. The van der Waals surface area contributed by atoms with Gasteiger partial charge >= 0.3 is 18.2 Å². The lowest BCUT2D eigenvalue weighted by molar-refractivity contribution is -0.147. The minimum Gasteiger partial charge on any atom is -0.497 e. The number of rotatable bonds is 13. The second-order valence-corrected chi connectivity index (χ2v) is 10.6. The highest BCUT2D eigenvalue weighted by Gasteiger charge is 2.31. The molecule has 0 spiro atoms. The molecule has 0 fully saturated rings. The topological polar surface area (TPSA) is 123 Å². The molecule has 0 saturated carbocycles. The lowest BCUT2D eigenvalue weighted by atomic mass is 10.1. The molecule has 0 aliphatic heterocycles. The highest BCUT2D eigenvalue weighted by molar-refractivity contribution is 5.82. The highest BCUT2D eigenvalue weighted by atomic mass is 19.4. The van der Waals surface area contributed by atoms with Crippen LogP contribution >= 0.6 is 0 Å². The predicted octanol–water partition coefficient (Wildman–Crippen LogP) is 5.49. The van der Waals surface area contributed by atoms with E-state index in [0.717, 1.165) is 22.5 Å². The van der Waals surface area contributed by atoms with Crippen molar-refractivity contribution in [1.29, 1.82) is 0 Å². The van der Waals surface area contributed by atoms with E-state index in [-0.39, 0.29) is 30.9 Å². The fourth-order valence-electron chi connectivity index (χ4n) is 3.94. The first-order valence-corrected chi connectivity index (χ1v) is 13.9. The van der Waals surface area contributed by atoms with Gasteiger partial charge in [0, 0.05) is 6.42 Å². The number of nitrogens with zero attached hydrogens (tertiary/aromatic N) is 3. The summed E-state index contributed by atoms with van der Waals surface area (Å²) in [5, 5.41) is 10.1. The maximum absolute atomic E-state index is 13.1. The summed E-state index contributed by atoms with van der Waals surface area (Å²) in [7, 11) is 1.55. The number of alkyl carbamates (subject to hydrolysis) is 1. The molecule has 0 radical (unpaired) electrons. The number of hydrogen-bond donors (Lipinski definition) is 1. The average molecular weight is 631 g/mol. The van der Waals surface area contributed by atoms with Crippen molar-refractivity contribution in [2.24, 2.45) is 0 Å². The molecule has 1 atom stereocenters. The number of hydrogen-bond acceptors (Lipinski definition) is 9. The standard InChI is InChI=1S/C31H33F3N4O7/c1-5-30(2,3)45-29(40)35-26(28(39)42-18-21-8-11-23(41-4)12-9-21)16-20-6-13-24(14-7-20)43-19-44-38-27-17-22(31(32,33)34)10-15-25(27)36-37-38/h6-15,17,26H,5,16,18-19H2,1-4H3,(H,35,40)/t26-/m1/s1. The zero-order chi connectivity index (χ0) is 32.6. The van der Waals surface area contributed by atoms with Crippen molar-refractivity contribution in [1.82, 2.24) is 20.5 Å². The smallest absolute Gasteiger partial charge is 0.416 e. The van der Waals surface area contributed by atoms with Gasteiger partial charge in [0.1, 0.15) is 40.8 Å². The van der Waals surface area contributed by atoms with Crippen LogP contribution in [-0.2, 0) is 33.5 Å². The number of ether oxygens (including phenoxy) is 4. The van der Waals surface area contributed by atoms with E-state index >= 15 is 0 Å². The number of amides is 1. The summed E-state index contributed by atoms with van der Waals surface area (Å²) < 4.78 is 60.9. The Kier molecular flexibility index (Phi) is 10.4. The summed E-state index contributed by atoms with van der Waals surface area (Å²) >= 11 is 0. The Morgan fingerprint density at radius 3 is 2.27 bits per heavy atom. The minimum absolute atomic E-state index is 0.0120. The van der Waals surface area contributed by atoms with E-state index in [1.165, 1.54) is 6.07 Å². The van der Waals surface area contributed by atoms with Gasteiger partial charge in [-0.2, -0.15) is 13.2 Å². The first-order valence-electron chi connectivity index (χ1n) is 13.9. The van der Waals surface area contributed by atoms with Gasteiger partial charge in [0.15, 0.2) is 0 Å². The summed E-state index contributed by atoms with van der Waals surface area (Å²) in [4.78, 5) is 31.9. The van der Waals surface area contributed by atoms with Crippen LogP contribution in [0.5, 0.6) is 11.5 Å². The van der Waals surface area contributed by atoms with E-state index < -0.39 is 35.4 Å². The third-order valence-corrected chi connectivity index (χ3v) is 6.84. The molecule has 0 aliphatic carbocycles. The molecular formula is C31H33F3N4O7. The number of nitrogens with one attached hydrogen (secondary N) is 1. The summed E-state index contributed by atoms with van der Waals surface area (Å²) in [5.74, 6) is 0.380. The summed E-state index contributed by atoms with van der Waals surface area (Å²) in [6, 6.07) is 15.5. The Morgan fingerprint density at radius 2 is 1.62 bits per heavy atom. The summed E-state index contributed by atoms with van der Waals surface area (Å²) in [5.41, 5.74) is 0.0651. The number of benzene rings is 3. The fraction of sp³-hybridized carbons (Fsp3) is 0.355. The van der Waals surface area contributed by atoms with Crippen molar-refractivity contribution >= 4 is 23.1 Å². The molecule has 4 rings (SSSR count). The molecule has 0 unspecified atom stereocenters. The van der Waals surface area contributed by atoms with Crippen LogP contribution in [0.1, 0.15) is 43.9 Å². The van der Waals surface area contributed by atoms with Crippen molar-refractivity contribution in [2.45, 2.75) is 58.0 Å². The molecule has 1 aromatic heterocycles. The summed E-state index contributed by atoms with van der Waals surface area (Å²) in [6.07, 6.45) is -4.63. The number of aromatic nitrogens is 3. The number of esters is 1. The van der Waals surface area contributed by atoms with E-state index in [1.807, 2.05) is 6.92 Å². The van der Waals surface area contributed by atoms with Gasteiger partial charge in [-0.1, -0.05) is 36.0 Å². The quantitative estimate of drug-likeness (QED) is 0.151. The van der Waals surface area contributed by atoms with Crippen LogP contribution in [0.15, 0.2) is 66.7 Å². The van der Waals surface area contributed by atoms with Crippen LogP contribution in [0, 0.1) is 0 Å². The van der Waals surface area contributed by atoms with E-state index in [4.69, 9.17) is 23.8 Å². The average Bonchev–Trinajstić information content (AvgIpc) is 3.42. The molecule has 0 bridgehead atoms. The molecule has 4 aromatic rings. The Bertz CT molecular complexity index is 1590. The van der Waals surface area contributed by atoms with E-state index in [1.54, 1.807) is 69.5 Å². The van der Waals surface area contributed by atoms with E-state index in [9.17, 15) is 22.8 Å². The number of halogens is 3. The number of carbonyl (C=O) groups excluding carboxylic acids is 2. The maximum Gasteiger partial charge on any atom is 0.416 e. The van der Waals surface area contributed by atoms with Crippen LogP contribution in [0.25, 0.3) is 11.0 Å². The Balaban J connectivity index is 1.37. The Labute approximate surface area is 257 Å². The van der Waals surface area contributed by atoms with Crippen molar-refractivity contribution in [3.05, 3.63) is 83.4 Å². The van der Waals surface area contributed by atoms with Gasteiger partial charge in [-0.25, -0.2) is 9.59 Å². The van der Waals surface area contributed by atoms with Gasteiger partial charge in [-0.3, -0.25) is 0 Å². The van der Waals surface area contributed by atoms with Crippen molar-refractivity contribution in [2.75, 3.05) is 13.9 Å². The third-order valence-electron chi connectivity index (χ3n) is 6.84. The number of methoxy groups -OCH3 is 1. The van der Waals surface area contributed by atoms with Crippen LogP contribution in [0.2, 0.25) is 0 Å². The molecule has 0 aliphatic rings. The third kappa shape index (κ3) is 9.24. The molecule has 0 saturated heterocycles. The van der Waals surface area contributed by atoms with E-state index in [0.29, 0.717) is 23.5 Å². The van der Waals surface area contributed by atoms with Crippen molar-refractivity contribution < 1.29 is 46.5 Å². The van der Waals surface area contributed by atoms with Gasteiger partial charge in [0.2, 0.25) is 0 Å². The Hall–Kier alpha value is -5.01. The fourth-order valence-corrected chi connectivity index (χ4v) is 3.94. The normalized spacial score (nSPS) is 12.3. The van der Waals surface area contributed by atoms with Gasteiger partial charge in [-0.05, 0) is 79.1 Å². The molecular weight excluding hydrogens is 597 g/mol. The van der Waals surface area contributed by atoms with Gasteiger partial charge < -0.3 is 29.1 Å². The molecule has 1 amide bonds. The Morgan fingerprint density at radius 1 is 0.956 bits per heavy atom. The number of fused-ring (bicyclic) bond motifs is 1. The molecule has 1 N–H and O–H groups in total. The second-order valence-electron chi connectivity index (χ2n) is 10.6. The zero-order valence-corrected chi connectivity index (χ0v) is 25.1. The molecule has 1 heterocycles. The van der Waals surface area contributed by atoms with E-state index in [2.05, 4.69) is 15.6 Å². The monoisotopic (exact) mass is 630 g/mol. The van der Waals surface area contributed by atoms with Gasteiger partial charge in [0.25, 0.3) is 6.79 Å². The molecule has 240 valence electrons. The SMILES string of the molecule is CCC(C)(C)OC(=O)N[C@H](Cc1ccc(OCOn2nnc3ccc(C(F)(F)F)cc32)cc1)C(=O)OCc1ccc(OC)cc1. The lowest BCUT2D eigenvalue weighted by Crippen LogP contribution is -2.45. The van der Waals surface area contributed by atoms with Crippen LogP contribution < -0.4 is 19.6 Å². The summed E-state index contributed by atoms with van der Waals surface area (Å²) in [6.45, 7) is 5.01. The zero-order valence-electron chi connectivity index (χ0n) is 25.1. The first kappa shape index (κ1) is 32.9. The van der Waals surface area contributed by atoms with Crippen molar-refractivity contribution in [3.8, 4) is 11.5 Å². The van der Waals surface area contributed by atoms with Crippen LogP contribution in [0.4, 0.5) is 18.0 Å². The number of alkyl halides is 3. The molecule has 3 aromatic carbocycles. The largest absolute Gasteiger partial charge is 0.497 e. The lowest BCUT2D eigenvalue weighted by Gasteiger charge is -2.25. The number of carbonyl (C=O) groups is 2. The van der Waals surface area contributed by atoms with Crippen molar-refractivity contribution in [3.63, 3.8) is 0 Å². The second kappa shape index (κ2) is 14.2. The highest BCUT2D eigenvalue weighted by Crippen LogP contribution is 2.30. The molecule has 11 nitrogen and oxygen atoms in total. The van der Waals surface area contributed by atoms with Gasteiger partial charge in [-0.15, -0.1) is 5.10 Å². The maximum atomic E-state index is 13.1. The molecule has 45 heavy (non-hydrogen) atoms. The predicted molar refractivity (Wildman–Crippen MR) is 155 cm³/mol. The minimum atomic E-state index is -4.53. The van der Waals surface area contributed by atoms with Crippen LogP contribution in [-0.4, -0.2) is 52.8 Å². The first-order chi connectivity index (χ1) is 21.4. The van der Waals surface area contributed by atoms with Gasteiger partial charge in [0.05, 0.1) is 12.7 Å². The van der Waals surface area contributed by atoms with Crippen LogP contribution in [0.3, 0.4) is 0 Å².